The van der Waals surface area contributed by atoms with Gasteiger partial charge in [0.1, 0.15) is 23.4 Å². The van der Waals surface area contributed by atoms with E-state index in [2.05, 4.69) is 28.9 Å². The van der Waals surface area contributed by atoms with Crippen LogP contribution in [0.4, 0.5) is 11.5 Å². The summed E-state index contributed by atoms with van der Waals surface area (Å²) in [7, 11) is 2.01. The quantitative estimate of drug-likeness (QED) is 0.484. The topological polar surface area (TPSA) is 54.9 Å². The fourth-order valence-electron chi connectivity index (χ4n) is 3.88. The molecule has 0 fully saturated rings. The molecule has 166 valence electrons. The molecule has 1 unspecified atom stereocenters. The highest BCUT2D eigenvalue weighted by Crippen LogP contribution is 2.37. The molecule has 1 atom stereocenters. The molecule has 1 aliphatic rings. The number of amides is 1. The summed E-state index contributed by atoms with van der Waals surface area (Å²) in [5.74, 6) is 2.32. The molecule has 0 aliphatic carbocycles. The number of fused-ring (bicyclic) bond motifs is 1. The Kier molecular flexibility index (Phi) is 6.90. The van der Waals surface area contributed by atoms with E-state index in [0.29, 0.717) is 12.3 Å². The van der Waals surface area contributed by atoms with E-state index in [4.69, 9.17) is 9.47 Å². The smallest absolute Gasteiger partial charge is 0.265 e. The van der Waals surface area contributed by atoms with Crippen molar-refractivity contribution >= 4 is 17.4 Å². The molecule has 0 saturated heterocycles. The normalized spacial score (nSPS) is 13.8. The highest BCUT2D eigenvalue weighted by Gasteiger charge is 2.26. The highest BCUT2D eigenvalue weighted by molar-refractivity contribution is 5.97. The van der Waals surface area contributed by atoms with E-state index in [0.717, 1.165) is 42.2 Å². The molecule has 0 spiro atoms. The lowest BCUT2D eigenvalue weighted by molar-refractivity contribution is -0.121. The van der Waals surface area contributed by atoms with Crippen LogP contribution in [0.25, 0.3) is 0 Å². The fourth-order valence-corrected chi connectivity index (χ4v) is 3.88. The second-order valence-electron chi connectivity index (χ2n) is 7.85. The minimum atomic E-state index is -0.0299. The van der Waals surface area contributed by atoms with Gasteiger partial charge in [0.15, 0.2) is 6.61 Å². The molecule has 3 aromatic rings. The summed E-state index contributed by atoms with van der Waals surface area (Å²) >= 11 is 0. The first-order valence-corrected chi connectivity index (χ1v) is 11.1. The van der Waals surface area contributed by atoms with Gasteiger partial charge in [-0.15, -0.1) is 0 Å². The zero-order chi connectivity index (χ0) is 22.3. The van der Waals surface area contributed by atoms with E-state index in [1.54, 1.807) is 6.20 Å². The van der Waals surface area contributed by atoms with E-state index in [9.17, 15) is 4.79 Å². The number of carbonyl (C=O) groups is 1. The largest absolute Gasteiger partial charge is 0.486 e. The summed E-state index contributed by atoms with van der Waals surface area (Å²) in [5.41, 5.74) is 1.93. The molecular weight excluding hydrogens is 402 g/mol. The number of pyridine rings is 1. The lowest BCUT2D eigenvalue weighted by atomic mass is 10.1. The molecule has 0 N–H and O–H groups in total. The second kappa shape index (κ2) is 10.2. The van der Waals surface area contributed by atoms with Crippen LogP contribution in [-0.4, -0.2) is 37.6 Å². The standard InChI is InChI=1S/C26H29N3O3/c1-3-23(20-10-5-4-6-11-20)32-21-13-14-22-24(18-21)31-19-26(30)29(22)17-9-16-28(2)25-12-7-8-15-27-25/h4-8,10-15,18,23H,3,9,16-17,19H2,1-2H3. The molecule has 1 amide bonds. The van der Waals surface area contributed by atoms with Crippen molar-refractivity contribution in [2.45, 2.75) is 25.9 Å². The number of ether oxygens (including phenoxy) is 2. The number of hydrogen-bond donors (Lipinski definition) is 0. The van der Waals surface area contributed by atoms with Gasteiger partial charge in [-0.2, -0.15) is 0 Å². The third kappa shape index (κ3) is 5.02. The zero-order valence-electron chi connectivity index (χ0n) is 18.6. The van der Waals surface area contributed by atoms with Crippen molar-refractivity contribution in [1.29, 1.82) is 0 Å². The van der Waals surface area contributed by atoms with Gasteiger partial charge in [0.05, 0.1) is 5.69 Å². The lowest BCUT2D eigenvalue weighted by Gasteiger charge is -2.30. The van der Waals surface area contributed by atoms with Gasteiger partial charge in [-0.05, 0) is 42.7 Å². The van der Waals surface area contributed by atoms with Crippen molar-refractivity contribution in [2.24, 2.45) is 0 Å². The molecule has 0 radical (unpaired) electrons. The minimum Gasteiger partial charge on any atom is -0.486 e. The van der Waals surface area contributed by atoms with Crippen LogP contribution in [0.5, 0.6) is 11.5 Å². The van der Waals surface area contributed by atoms with Crippen LogP contribution in [0.15, 0.2) is 72.9 Å². The van der Waals surface area contributed by atoms with E-state index in [1.165, 1.54) is 0 Å². The van der Waals surface area contributed by atoms with E-state index in [-0.39, 0.29) is 18.6 Å². The number of rotatable bonds is 9. The predicted octanol–water partition coefficient (Wildman–Crippen LogP) is 4.86. The van der Waals surface area contributed by atoms with Gasteiger partial charge in [-0.25, -0.2) is 4.98 Å². The first-order valence-electron chi connectivity index (χ1n) is 11.1. The third-order valence-corrected chi connectivity index (χ3v) is 5.61. The molecule has 32 heavy (non-hydrogen) atoms. The van der Waals surface area contributed by atoms with Crippen molar-refractivity contribution in [1.82, 2.24) is 4.98 Å². The van der Waals surface area contributed by atoms with Crippen LogP contribution in [-0.2, 0) is 4.79 Å². The number of benzene rings is 2. The predicted molar refractivity (Wildman–Crippen MR) is 127 cm³/mol. The summed E-state index contributed by atoms with van der Waals surface area (Å²) in [6.07, 6.45) is 3.44. The van der Waals surface area contributed by atoms with Crippen molar-refractivity contribution < 1.29 is 14.3 Å². The Balaban J connectivity index is 1.42. The van der Waals surface area contributed by atoms with Gasteiger partial charge < -0.3 is 19.3 Å². The molecular formula is C26H29N3O3. The third-order valence-electron chi connectivity index (χ3n) is 5.61. The van der Waals surface area contributed by atoms with Crippen LogP contribution < -0.4 is 19.3 Å². The maximum atomic E-state index is 12.5. The second-order valence-corrected chi connectivity index (χ2v) is 7.85. The summed E-state index contributed by atoms with van der Waals surface area (Å²) < 4.78 is 12.0. The molecule has 4 rings (SSSR count). The molecule has 2 heterocycles. The number of anilines is 2. The summed E-state index contributed by atoms with van der Waals surface area (Å²) in [6.45, 7) is 3.57. The fraction of sp³-hybridized carbons (Fsp3) is 0.308. The Morgan fingerprint density at radius 3 is 2.69 bits per heavy atom. The van der Waals surface area contributed by atoms with Crippen molar-refractivity contribution in [3.8, 4) is 11.5 Å². The van der Waals surface area contributed by atoms with Gasteiger partial charge in [-0.3, -0.25) is 4.79 Å². The maximum absolute atomic E-state index is 12.5. The molecule has 2 aromatic carbocycles. The highest BCUT2D eigenvalue weighted by atomic mass is 16.5. The summed E-state index contributed by atoms with van der Waals surface area (Å²) in [5, 5.41) is 0. The van der Waals surface area contributed by atoms with Crippen molar-refractivity contribution in [3.05, 3.63) is 78.5 Å². The van der Waals surface area contributed by atoms with Crippen molar-refractivity contribution in [3.63, 3.8) is 0 Å². The van der Waals surface area contributed by atoms with E-state index in [1.807, 2.05) is 66.5 Å². The molecule has 6 nitrogen and oxygen atoms in total. The number of aromatic nitrogens is 1. The first kappa shape index (κ1) is 21.7. The molecule has 0 saturated carbocycles. The monoisotopic (exact) mass is 431 g/mol. The van der Waals surface area contributed by atoms with E-state index < -0.39 is 0 Å². The Morgan fingerprint density at radius 1 is 1.12 bits per heavy atom. The average Bonchev–Trinajstić information content (AvgIpc) is 2.84. The molecule has 1 aliphatic heterocycles. The van der Waals surface area contributed by atoms with E-state index >= 15 is 0 Å². The molecule has 0 bridgehead atoms. The Bertz CT molecular complexity index is 1030. The van der Waals surface area contributed by atoms with Gasteiger partial charge in [-0.1, -0.05) is 43.3 Å². The minimum absolute atomic E-state index is 0.0256. The maximum Gasteiger partial charge on any atom is 0.265 e. The van der Waals surface area contributed by atoms with Crippen LogP contribution in [0.1, 0.15) is 31.4 Å². The molecule has 1 aromatic heterocycles. The zero-order valence-corrected chi connectivity index (χ0v) is 18.6. The van der Waals surface area contributed by atoms with Gasteiger partial charge in [0.2, 0.25) is 0 Å². The Labute approximate surface area is 189 Å². The number of carbonyl (C=O) groups excluding carboxylic acids is 1. The molecule has 6 heteroatoms. The van der Waals surface area contributed by atoms with Gasteiger partial charge in [0, 0.05) is 32.4 Å². The first-order chi connectivity index (χ1) is 15.7. The van der Waals surface area contributed by atoms with Gasteiger partial charge in [0.25, 0.3) is 5.91 Å². The van der Waals surface area contributed by atoms with Crippen LogP contribution >= 0.6 is 0 Å². The Morgan fingerprint density at radius 2 is 1.94 bits per heavy atom. The van der Waals surface area contributed by atoms with Crippen LogP contribution in [0.3, 0.4) is 0 Å². The number of nitrogens with zero attached hydrogens (tertiary/aromatic N) is 3. The summed E-state index contributed by atoms with van der Waals surface area (Å²) in [6, 6.07) is 21.8. The van der Waals surface area contributed by atoms with Crippen molar-refractivity contribution in [2.75, 3.05) is 36.5 Å². The Hall–Kier alpha value is -3.54. The van der Waals surface area contributed by atoms with Crippen LogP contribution in [0, 0.1) is 0 Å². The summed E-state index contributed by atoms with van der Waals surface area (Å²) in [4.78, 5) is 20.8. The van der Waals surface area contributed by atoms with Gasteiger partial charge >= 0.3 is 0 Å². The lowest BCUT2D eigenvalue weighted by Crippen LogP contribution is -2.40. The number of hydrogen-bond acceptors (Lipinski definition) is 5. The average molecular weight is 432 g/mol. The SMILES string of the molecule is CCC(Oc1ccc2c(c1)OCC(=O)N2CCCN(C)c1ccccn1)c1ccccc1. The van der Waals surface area contributed by atoms with Crippen LogP contribution in [0.2, 0.25) is 0 Å².